The first-order chi connectivity index (χ1) is 22.4. The van der Waals surface area contributed by atoms with E-state index in [1.165, 1.54) is 22.9 Å². The van der Waals surface area contributed by atoms with Crippen LogP contribution in [-0.2, 0) is 4.79 Å². The minimum absolute atomic E-state index is 0.00368. The van der Waals surface area contributed by atoms with Gasteiger partial charge in [0.1, 0.15) is 11.0 Å². The Balaban J connectivity index is 1.04. The molecule has 0 spiro atoms. The maximum absolute atomic E-state index is 13.3. The molecule has 2 saturated heterocycles. The molecule has 1 atom stereocenters. The maximum Gasteiger partial charge on any atom is 0.254 e. The summed E-state index contributed by atoms with van der Waals surface area (Å²) in [5, 5.41) is 0.820. The summed E-state index contributed by atoms with van der Waals surface area (Å²) in [4.78, 5) is 44.1. The van der Waals surface area contributed by atoms with E-state index >= 15 is 0 Å². The Morgan fingerprint density at radius 3 is 2.09 bits per heavy atom. The van der Waals surface area contributed by atoms with Crippen LogP contribution in [0.4, 0.5) is 5.82 Å². The first-order valence-corrected chi connectivity index (χ1v) is 17.1. The van der Waals surface area contributed by atoms with Crippen molar-refractivity contribution in [2.45, 2.75) is 31.1 Å². The molecule has 2 aliphatic heterocycles. The summed E-state index contributed by atoms with van der Waals surface area (Å²) in [5.41, 5.74) is 4.34. The molecule has 1 aromatic heterocycles. The molecule has 46 heavy (non-hydrogen) atoms. The van der Waals surface area contributed by atoms with E-state index in [-0.39, 0.29) is 29.7 Å². The number of thioether (sulfide) groups is 1. The summed E-state index contributed by atoms with van der Waals surface area (Å²) >= 11 is 7.75. The van der Waals surface area contributed by atoms with Gasteiger partial charge >= 0.3 is 0 Å². The number of hydrogen-bond donors (Lipinski definition) is 0. The molecule has 2 amide bonds. The molecule has 0 saturated carbocycles. The summed E-state index contributed by atoms with van der Waals surface area (Å²) in [6.07, 6.45) is 0. The second-order valence-corrected chi connectivity index (χ2v) is 13.3. The molecule has 0 radical (unpaired) electrons. The van der Waals surface area contributed by atoms with Crippen LogP contribution in [0.1, 0.15) is 40.0 Å². The summed E-state index contributed by atoms with van der Waals surface area (Å²) in [6.45, 7) is 8.83. The largest absolute Gasteiger partial charge is 0.353 e. The summed E-state index contributed by atoms with van der Waals surface area (Å²) in [6, 6.07) is 30.7. The van der Waals surface area contributed by atoms with Gasteiger partial charge in [0, 0.05) is 63.5 Å². The number of rotatable bonds is 8. The summed E-state index contributed by atoms with van der Waals surface area (Å²) in [5.74, 6) is 1.07. The van der Waals surface area contributed by atoms with E-state index in [9.17, 15) is 9.59 Å². The predicted molar refractivity (Wildman–Crippen MR) is 185 cm³/mol. The monoisotopic (exact) mass is 654 g/mol. The lowest BCUT2D eigenvalue weighted by molar-refractivity contribution is -0.130. The Morgan fingerprint density at radius 2 is 1.48 bits per heavy atom. The zero-order chi connectivity index (χ0) is 32.0. The van der Waals surface area contributed by atoms with Crippen molar-refractivity contribution in [1.82, 2.24) is 24.7 Å². The van der Waals surface area contributed by atoms with Crippen LogP contribution in [0.15, 0.2) is 96.2 Å². The molecule has 3 aromatic carbocycles. The van der Waals surface area contributed by atoms with E-state index in [4.69, 9.17) is 16.6 Å². The molecular formula is C36H39ClN6O2S. The minimum Gasteiger partial charge on any atom is -0.353 e. The average Bonchev–Trinajstić information content (AvgIpc) is 3.08. The number of halogens is 1. The average molecular weight is 655 g/mol. The Hall–Kier alpha value is -3.92. The Bertz CT molecular complexity index is 1590. The maximum atomic E-state index is 13.3. The predicted octanol–water partition coefficient (Wildman–Crippen LogP) is 5.82. The van der Waals surface area contributed by atoms with Gasteiger partial charge in [-0.1, -0.05) is 102 Å². The van der Waals surface area contributed by atoms with Gasteiger partial charge in [-0.15, -0.1) is 0 Å². The first kappa shape index (κ1) is 32.0. The number of amides is 2. The molecule has 3 heterocycles. The standard InChI is InChI=1S/C36H39ClN6O2S/c1-26-13-15-30(16-14-26)35(45)43-22-21-42(24-27(43)2)32-23-31(37)38-36(39-32)46-25-33(44)40-17-19-41(20-18-40)34(28-9-5-3-6-10-28)29-11-7-4-8-12-29/h3-16,23,27,34H,17-22,24-25H2,1-2H3. The molecule has 6 rings (SSSR count). The highest BCUT2D eigenvalue weighted by Crippen LogP contribution is 2.30. The van der Waals surface area contributed by atoms with E-state index < -0.39 is 0 Å². The van der Waals surface area contributed by atoms with Crippen LogP contribution in [0.2, 0.25) is 5.15 Å². The number of anilines is 1. The van der Waals surface area contributed by atoms with Gasteiger partial charge in [0.2, 0.25) is 5.91 Å². The normalized spacial score (nSPS) is 17.4. The van der Waals surface area contributed by atoms with Crippen LogP contribution in [0.5, 0.6) is 0 Å². The number of nitrogens with zero attached hydrogens (tertiary/aromatic N) is 6. The summed E-state index contributed by atoms with van der Waals surface area (Å²) < 4.78 is 0. The van der Waals surface area contributed by atoms with Crippen molar-refractivity contribution >= 4 is 41.0 Å². The number of benzene rings is 3. The third kappa shape index (κ3) is 7.54. The van der Waals surface area contributed by atoms with Crippen molar-refractivity contribution in [3.8, 4) is 0 Å². The molecule has 238 valence electrons. The van der Waals surface area contributed by atoms with E-state index in [1.54, 1.807) is 6.07 Å². The fourth-order valence-electron chi connectivity index (χ4n) is 6.27. The zero-order valence-corrected chi connectivity index (χ0v) is 27.8. The van der Waals surface area contributed by atoms with Gasteiger partial charge in [-0.25, -0.2) is 9.97 Å². The quantitative estimate of drug-likeness (QED) is 0.135. The van der Waals surface area contributed by atoms with E-state index in [2.05, 4.69) is 70.2 Å². The lowest BCUT2D eigenvalue weighted by atomic mass is 9.96. The Labute approximate surface area is 280 Å². The molecule has 0 N–H and O–H groups in total. The van der Waals surface area contributed by atoms with Gasteiger partial charge in [0.25, 0.3) is 5.91 Å². The van der Waals surface area contributed by atoms with E-state index in [0.717, 1.165) is 18.7 Å². The second-order valence-electron chi connectivity index (χ2n) is 11.9. The van der Waals surface area contributed by atoms with E-state index in [0.29, 0.717) is 54.4 Å². The van der Waals surface area contributed by atoms with Crippen molar-refractivity contribution < 1.29 is 9.59 Å². The van der Waals surface area contributed by atoms with Crippen LogP contribution < -0.4 is 4.90 Å². The highest BCUT2D eigenvalue weighted by atomic mass is 35.5. The van der Waals surface area contributed by atoms with Crippen LogP contribution in [0, 0.1) is 6.92 Å². The van der Waals surface area contributed by atoms with Gasteiger partial charge in [-0.3, -0.25) is 14.5 Å². The second kappa shape index (κ2) is 14.7. The number of aryl methyl sites for hydroxylation is 1. The Kier molecular flexibility index (Phi) is 10.2. The molecule has 0 aliphatic carbocycles. The van der Waals surface area contributed by atoms with Crippen molar-refractivity contribution in [1.29, 1.82) is 0 Å². The van der Waals surface area contributed by atoms with Gasteiger partial charge in [-0.05, 0) is 37.1 Å². The molecule has 2 fully saturated rings. The van der Waals surface area contributed by atoms with Crippen LogP contribution in [-0.4, -0.2) is 94.1 Å². The lowest BCUT2D eigenvalue weighted by Crippen LogP contribution is -2.54. The molecule has 10 heteroatoms. The molecule has 4 aromatic rings. The fourth-order valence-corrected chi connectivity index (χ4v) is 7.26. The SMILES string of the molecule is Cc1ccc(C(=O)N2CCN(c3cc(Cl)nc(SCC(=O)N4CCN(C(c5ccccc5)c5ccccc5)CC4)n3)CC2C)cc1. The fraction of sp³-hybridized carbons (Fsp3) is 0.333. The van der Waals surface area contributed by atoms with Crippen LogP contribution in [0.25, 0.3) is 0 Å². The molecule has 2 aliphatic rings. The first-order valence-electron chi connectivity index (χ1n) is 15.8. The molecule has 0 bridgehead atoms. The van der Waals surface area contributed by atoms with Gasteiger partial charge in [0.15, 0.2) is 5.16 Å². The zero-order valence-electron chi connectivity index (χ0n) is 26.3. The van der Waals surface area contributed by atoms with Crippen molar-refractivity contribution in [2.75, 3.05) is 56.5 Å². The van der Waals surface area contributed by atoms with Crippen molar-refractivity contribution in [2.24, 2.45) is 0 Å². The minimum atomic E-state index is -0.00368. The van der Waals surface area contributed by atoms with Gasteiger partial charge in [-0.2, -0.15) is 0 Å². The Morgan fingerprint density at radius 1 is 0.848 bits per heavy atom. The van der Waals surface area contributed by atoms with E-state index in [1.807, 2.05) is 53.1 Å². The molecular weight excluding hydrogens is 616 g/mol. The third-order valence-electron chi connectivity index (χ3n) is 8.76. The highest BCUT2D eigenvalue weighted by Gasteiger charge is 2.30. The number of carbonyl (C=O) groups excluding carboxylic acids is 2. The summed E-state index contributed by atoms with van der Waals surface area (Å²) in [7, 11) is 0. The number of aromatic nitrogens is 2. The molecule has 8 nitrogen and oxygen atoms in total. The number of carbonyl (C=O) groups is 2. The lowest BCUT2D eigenvalue weighted by Gasteiger charge is -2.40. The topological polar surface area (TPSA) is 72.9 Å². The van der Waals surface area contributed by atoms with Gasteiger partial charge in [0.05, 0.1) is 11.8 Å². The highest BCUT2D eigenvalue weighted by molar-refractivity contribution is 7.99. The van der Waals surface area contributed by atoms with Crippen molar-refractivity contribution in [3.05, 3.63) is 118 Å². The number of hydrogen-bond acceptors (Lipinski definition) is 7. The molecule has 1 unspecified atom stereocenters. The smallest absolute Gasteiger partial charge is 0.254 e. The third-order valence-corrected chi connectivity index (χ3v) is 9.78. The van der Waals surface area contributed by atoms with Gasteiger partial charge < -0.3 is 14.7 Å². The van der Waals surface area contributed by atoms with Crippen LogP contribution in [0.3, 0.4) is 0 Å². The van der Waals surface area contributed by atoms with Crippen molar-refractivity contribution in [3.63, 3.8) is 0 Å². The van der Waals surface area contributed by atoms with Crippen LogP contribution >= 0.6 is 23.4 Å². The number of piperazine rings is 2.